The molecule has 0 saturated carbocycles. The van der Waals surface area contributed by atoms with E-state index in [2.05, 4.69) is 15.2 Å². The minimum absolute atomic E-state index is 0.552. The van der Waals surface area contributed by atoms with Crippen LogP contribution < -0.4 is 5.32 Å². The smallest absolute Gasteiger partial charge is 0.152 e. The molecule has 0 bridgehead atoms. The van der Waals surface area contributed by atoms with E-state index in [4.69, 9.17) is 11.6 Å². The predicted octanol–water partition coefficient (Wildman–Crippen LogP) is 2.77. The van der Waals surface area contributed by atoms with E-state index in [0.29, 0.717) is 11.2 Å². The van der Waals surface area contributed by atoms with Gasteiger partial charge in [-0.25, -0.2) is 4.98 Å². The lowest BCUT2D eigenvalue weighted by Gasteiger charge is -2.35. The van der Waals surface area contributed by atoms with Gasteiger partial charge in [0, 0.05) is 24.8 Å². The quantitative estimate of drug-likeness (QED) is 0.820. The highest BCUT2D eigenvalue weighted by Gasteiger charge is 2.31. The van der Waals surface area contributed by atoms with Gasteiger partial charge in [-0.3, -0.25) is 0 Å². The van der Waals surface area contributed by atoms with E-state index in [1.165, 1.54) is 38.8 Å². The maximum atomic E-state index is 6.07. The minimum atomic E-state index is 0.552. The summed E-state index contributed by atoms with van der Waals surface area (Å²) in [6, 6.07) is 5.28. The molecular formula is C13H18ClN3. The molecule has 2 aliphatic rings. The van der Waals surface area contributed by atoms with Gasteiger partial charge >= 0.3 is 0 Å². The number of nitrogens with one attached hydrogen (secondary N) is 1. The third-order valence-electron chi connectivity index (χ3n) is 3.94. The molecule has 0 amide bonds. The number of hydrogen-bond donors (Lipinski definition) is 1. The zero-order chi connectivity index (χ0) is 11.7. The van der Waals surface area contributed by atoms with Crippen LogP contribution in [0.25, 0.3) is 0 Å². The van der Waals surface area contributed by atoms with Gasteiger partial charge in [0.2, 0.25) is 0 Å². The highest BCUT2D eigenvalue weighted by Crippen LogP contribution is 2.29. The van der Waals surface area contributed by atoms with Crippen molar-refractivity contribution in [3.63, 3.8) is 0 Å². The number of nitrogens with zero attached hydrogens (tertiary/aromatic N) is 2. The van der Waals surface area contributed by atoms with Crippen LogP contribution in [0.1, 0.15) is 25.7 Å². The van der Waals surface area contributed by atoms with Gasteiger partial charge in [0.1, 0.15) is 0 Å². The van der Waals surface area contributed by atoms with Gasteiger partial charge in [-0.05, 0) is 44.4 Å². The first-order valence-corrected chi connectivity index (χ1v) is 6.82. The number of anilines is 1. The molecule has 0 radical (unpaired) electrons. The van der Waals surface area contributed by atoms with Crippen LogP contribution in [0.4, 0.5) is 5.69 Å². The van der Waals surface area contributed by atoms with Crippen molar-refractivity contribution in [3.05, 3.63) is 23.5 Å². The summed E-state index contributed by atoms with van der Waals surface area (Å²) in [5, 5.41) is 4.13. The summed E-state index contributed by atoms with van der Waals surface area (Å²) in [5.41, 5.74) is 0.977. The lowest BCUT2D eigenvalue weighted by Crippen LogP contribution is -2.42. The van der Waals surface area contributed by atoms with E-state index in [1.807, 2.05) is 12.1 Å². The molecular weight excluding hydrogens is 234 g/mol. The highest BCUT2D eigenvalue weighted by atomic mass is 35.5. The van der Waals surface area contributed by atoms with Crippen molar-refractivity contribution < 1.29 is 0 Å². The van der Waals surface area contributed by atoms with E-state index >= 15 is 0 Å². The number of halogens is 1. The standard InChI is InChI=1S/C13H18ClN3/c14-13-12(4-1-6-15-13)16-10-5-8-17-7-2-3-11(17)9-10/h1,4,6,10-11,16H,2-3,5,7-9H2. The normalized spacial score (nSPS) is 29.0. The Morgan fingerprint density at radius 2 is 2.29 bits per heavy atom. The van der Waals surface area contributed by atoms with Crippen LogP contribution in [0.5, 0.6) is 0 Å². The molecule has 3 nitrogen and oxygen atoms in total. The third-order valence-corrected chi connectivity index (χ3v) is 4.24. The fourth-order valence-electron chi connectivity index (χ4n) is 3.07. The molecule has 92 valence electrons. The highest BCUT2D eigenvalue weighted by molar-refractivity contribution is 6.31. The number of hydrogen-bond acceptors (Lipinski definition) is 3. The second kappa shape index (κ2) is 4.83. The summed E-state index contributed by atoms with van der Waals surface area (Å²) in [5.74, 6) is 0. The van der Waals surface area contributed by atoms with E-state index in [9.17, 15) is 0 Å². The molecule has 3 rings (SSSR count). The zero-order valence-electron chi connectivity index (χ0n) is 9.90. The van der Waals surface area contributed by atoms with E-state index in [0.717, 1.165) is 11.7 Å². The van der Waals surface area contributed by atoms with Crippen molar-refractivity contribution in [2.75, 3.05) is 18.4 Å². The van der Waals surface area contributed by atoms with E-state index in [1.54, 1.807) is 6.20 Å². The Morgan fingerprint density at radius 3 is 3.18 bits per heavy atom. The Balaban J connectivity index is 1.64. The first kappa shape index (κ1) is 11.3. The lowest BCUT2D eigenvalue weighted by molar-refractivity contribution is 0.188. The van der Waals surface area contributed by atoms with Gasteiger partial charge in [-0.1, -0.05) is 11.6 Å². The summed E-state index contributed by atoms with van der Waals surface area (Å²) < 4.78 is 0. The Labute approximate surface area is 107 Å². The molecule has 1 N–H and O–H groups in total. The molecule has 2 saturated heterocycles. The molecule has 0 aliphatic carbocycles. The first-order chi connectivity index (χ1) is 8.33. The summed E-state index contributed by atoms with van der Waals surface area (Å²) in [4.78, 5) is 6.73. The van der Waals surface area contributed by atoms with Gasteiger partial charge in [0.05, 0.1) is 5.69 Å². The van der Waals surface area contributed by atoms with E-state index < -0.39 is 0 Å². The van der Waals surface area contributed by atoms with Crippen molar-refractivity contribution in [2.45, 2.75) is 37.8 Å². The van der Waals surface area contributed by atoms with Crippen LogP contribution in [-0.2, 0) is 0 Å². The zero-order valence-corrected chi connectivity index (χ0v) is 10.7. The fraction of sp³-hybridized carbons (Fsp3) is 0.615. The number of aromatic nitrogens is 1. The first-order valence-electron chi connectivity index (χ1n) is 6.44. The monoisotopic (exact) mass is 251 g/mol. The summed E-state index contributed by atoms with van der Waals surface area (Å²) in [6.07, 6.45) is 6.91. The molecule has 0 aromatic carbocycles. The average Bonchev–Trinajstić information content (AvgIpc) is 2.79. The molecule has 2 atom stereocenters. The molecule has 1 aromatic heterocycles. The van der Waals surface area contributed by atoms with Crippen molar-refractivity contribution in [1.29, 1.82) is 0 Å². The van der Waals surface area contributed by atoms with Crippen LogP contribution in [0.3, 0.4) is 0 Å². The van der Waals surface area contributed by atoms with Crippen molar-refractivity contribution >= 4 is 17.3 Å². The lowest BCUT2D eigenvalue weighted by atomic mass is 9.97. The van der Waals surface area contributed by atoms with Crippen LogP contribution in [0.2, 0.25) is 5.15 Å². The van der Waals surface area contributed by atoms with Crippen LogP contribution in [0.15, 0.2) is 18.3 Å². The molecule has 0 spiro atoms. The van der Waals surface area contributed by atoms with E-state index in [-0.39, 0.29) is 0 Å². The van der Waals surface area contributed by atoms with Gasteiger partial charge < -0.3 is 10.2 Å². The van der Waals surface area contributed by atoms with Crippen LogP contribution in [-0.4, -0.2) is 35.1 Å². The Hall–Kier alpha value is -0.800. The number of rotatable bonds is 2. The number of fused-ring (bicyclic) bond motifs is 1. The SMILES string of the molecule is Clc1ncccc1NC1CCN2CCCC2C1. The molecule has 1 aromatic rings. The topological polar surface area (TPSA) is 28.2 Å². The molecule has 4 heteroatoms. The second-order valence-corrected chi connectivity index (χ2v) is 5.40. The van der Waals surface area contributed by atoms with Crippen LogP contribution in [0, 0.1) is 0 Å². The Bertz CT molecular complexity index is 396. The number of piperidine rings is 1. The predicted molar refractivity (Wildman–Crippen MR) is 70.5 cm³/mol. The average molecular weight is 252 g/mol. The minimum Gasteiger partial charge on any atom is -0.380 e. The fourth-order valence-corrected chi connectivity index (χ4v) is 3.24. The molecule has 3 heterocycles. The number of pyridine rings is 1. The summed E-state index contributed by atoms with van der Waals surface area (Å²) in [7, 11) is 0. The Kier molecular flexibility index (Phi) is 3.21. The molecule has 17 heavy (non-hydrogen) atoms. The molecule has 2 aliphatic heterocycles. The maximum absolute atomic E-state index is 6.07. The van der Waals surface area contributed by atoms with Gasteiger partial charge in [0.15, 0.2) is 5.15 Å². The molecule has 2 fully saturated rings. The van der Waals surface area contributed by atoms with Gasteiger partial charge in [-0.15, -0.1) is 0 Å². The van der Waals surface area contributed by atoms with Crippen molar-refractivity contribution in [2.24, 2.45) is 0 Å². The summed E-state index contributed by atoms with van der Waals surface area (Å²) in [6.45, 7) is 2.52. The van der Waals surface area contributed by atoms with Gasteiger partial charge in [0.25, 0.3) is 0 Å². The second-order valence-electron chi connectivity index (χ2n) is 5.04. The summed E-state index contributed by atoms with van der Waals surface area (Å²) >= 11 is 6.07. The van der Waals surface area contributed by atoms with Crippen LogP contribution >= 0.6 is 11.6 Å². The third kappa shape index (κ3) is 2.40. The molecule has 2 unspecified atom stereocenters. The maximum Gasteiger partial charge on any atom is 0.152 e. The van der Waals surface area contributed by atoms with Crippen molar-refractivity contribution in [3.8, 4) is 0 Å². The Morgan fingerprint density at radius 1 is 1.35 bits per heavy atom. The van der Waals surface area contributed by atoms with Gasteiger partial charge in [-0.2, -0.15) is 0 Å². The van der Waals surface area contributed by atoms with Crippen molar-refractivity contribution in [1.82, 2.24) is 9.88 Å². The largest absolute Gasteiger partial charge is 0.380 e.